The molecule has 0 spiro atoms. The van der Waals surface area contributed by atoms with Crippen molar-refractivity contribution in [1.29, 1.82) is 0 Å². The van der Waals surface area contributed by atoms with Gasteiger partial charge in [-0.1, -0.05) is 18.2 Å². The number of carbonyl (C=O) groups is 1. The molecule has 1 heterocycles. The third-order valence-electron chi connectivity index (χ3n) is 3.16. The lowest BCUT2D eigenvalue weighted by Crippen LogP contribution is -2.06. The van der Waals surface area contributed by atoms with Crippen molar-refractivity contribution >= 4 is 22.6 Å². The maximum absolute atomic E-state index is 10.5. The van der Waals surface area contributed by atoms with Gasteiger partial charge in [-0.25, -0.2) is 0 Å². The quantitative estimate of drug-likeness (QED) is 0.809. The molecule has 1 aromatic heterocycles. The van der Waals surface area contributed by atoms with Gasteiger partial charge in [-0.15, -0.1) is 0 Å². The first-order chi connectivity index (χ1) is 9.09. The Bertz CT molecular complexity index is 608. The molecule has 1 aromatic carbocycles. The van der Waals surface area contributed by atoms with Gasteiger partial charge in [0, 0.05) is 30.2 Å². The maximum atomic E-state index is 10.5. The van der Waals surface area contributed by atoms with Crippen LogP contribution in [0.15, 0.2) is 24.4 Å². The summed E-state index contributed by atoms with van der Waals surface area (Å²) >= 11 is 0. The maximum Gasteiger partial charge on any atom is 0.303 e. The van der Waals surface area contributed by atoms with Crippen molar-refractivity contribution in [3.63, 3.8) is 0 Å². The summed E-state index contributed by atoms with van der Waals surface area (Å²) in [7, 11) is 0. The molecule has 2 aromatic rings. The van der Waals surface area contributed by atoms with Gasteiger partial charge in [0.15, 0.2) is 0 Å². The molecule has 0 amide bonds. The minimum Gasteiger partial charge on any atom is -0.481 e. The number of benzene rings is 1. The van der Waals surface area contributed by atoms with Crippen molar-refractivity contribution in [2.45, 2.75) is 26.7 Å². The Morgan fingerprint density at radius 1 is 1.32 bits per heavy atom. The highest BCUT2D eigenvalue weighted by atomic mass is 16.4. The number of aryl methyl sites for hydroxylation is 2. The largest absolute Gasteiger partial charge is 0.481 e. The van der Waals surface area contributed by atoms with E-state index in [1.807, 2.05) is 38.2 Å². The van der Waals surface area contributed by atoms with E-state index in [2.05, 4.69) is 10.3 Å². The smallest absolute Gasteiger partial charge is 0.303 e. The standard InChI is InChI=1S/C15H18N2O2/c1-10-5-3-6-12-14(10)17-9-11(2)15(12)16-8-4-7-13(18)19/h3,5-6,9H,4,7-8H2,1-2H3,(H,16,17)(H,18,19). The number of rotatable bonds is 5. The molecule has 0 saturated carbocycles. The Hall–Kier alpha value is -2.10. The summed E-state index contributed by atoms with van der Waals surface area (Å²) in [4.78, 5) is 15.0. The molecule has 2 N–H and O–H groups in total. The van der Waals surface area contributed by atoms with Gasteiger partial charge in [0.05, 0.1) is 5.52 Å². The first-order valence-electron chi connectivity index (χ1n) is 6.40. The number of hydrogen-bond acceptors (Lipinski definition) is 3. The minimum absolute atomic E-state index is 0.189. The van der Waals surface area contributed by atoms with E-state index >= 15 is 0 Å². The van der Waals surface area contributed by atoms with Gasteiger partial charge in [0.2, 0.25) is 0 Å². The number of aromatic nitrogens is 1. The lowest BCUT2D eigenvalue weighted by atomic mass is 10.1. The van der Waals surface area contributed by atoms with Crippen LogP contribution < -0.4 is 5.32 Å². The van der Waals surface area contributed by atoms with E-state index in [9.17, 15) is 4.79 Å². The van der Waals surface area contributed by atoms with Crippen LogP contribution in [0.1, 0.15) is 24.0 Å². The van der Waals surface area contributed by atoms with Crippen molar-refractivity contribution in [3.05, 3.63) is 35.5 Å². The molecule has 0 aliphatic heterocycles. The monoisotopic (exact) mass is 258 g/mol. The van der Waals surface area contributed by atoms with E-state index in [4.69, 9.17) is 5.11 Å². The van der Waals surface area contributed by atoms with E-state index in [-0.39, 0.29) is 6.42 Å². The fourth-order valence-corrected chi connectivity index (χ4v) is 2.16. The number of anilines is 1. The minimum atomic E-state index is -0.756. The number of fused-ring (bicyclic) bond motifs is 1. The molecule has 19 heavy (non-hydrogen) atoms. The highest BCUT2D eigenvalue weighted by molar-refractivity contribution is 5.94. The van der Waals surface area contributed by atoms with Gasteiger partial charge in [0.25, 0.3) is 0 Å². The summed E-state index contributed by atoms with van der Waals surface area (Å²) < 4.78 is 0. The Kier molecular flexibility index (Phi) is 4.00. The van der Waals surface area contributed by atoms with Crippen LogP contribution in [0.2, 0.25) is 0 Å². The molecule has 4 heteroatoms. The van der Waals surface area contributed by atoms with Gasteiger partial charge in [-0.2, -0.15) is 0 Å². The topological polar surface area (TPSA) is 62.2 Å². The number of carboxylic acids is 1. The highest BCUT2D eigenvalue weighted by Gasteiger charge is 2.07. The normalized spacial score (nSPS) is 10.6. The molecular formula is C15H18N2O2. The predicted octanol–water partition coefficient (Wildman–Crippen LogP) is 3.13. The van der Waals surface area contributed by atoms with E-state index < -0.39 is 5.97 Å². The second-order valence-electron chi connectivity index (χ2n) is 4.71. The Labute approximate surface area is 112 Å². The lowest BCUT2D eigenvalue weighted by molar-refractivity contribution is -0.137. The molecule has 0 radical (unpaired) electrons. The number of para-hydroxylation sites is 1. The lowest BCUT2D eigenvalue weighted by Gasteiger charge is -2.13. The summed E-state index contributed by atoms with van der Waals surface area (Å²) in [5.41, 5.74) is 4.27. The third kappa shape index (κ3) is 3.02. The fourth-order valence-electron chi connectivity index (χ4n) is 2.16. The Morgan fingerprint density at radius 2 is 2.11 bits per heavy atom. The molecular weight excluding hydrogens is 240 g/mol. The second kappa shape index (κ2) is 5.69. The number of nitrogens with zero attached hydrogens (tertiary/aromatic N) is 1. The molecule has 0 aliphatic rings. The number of hydrogen-bond donors (Lipinski definition) is 2. The van der Waals surface area contributed by atoms with Crippen LogP contribution >= 0.6 is 0 Å². The number of pyridine rings is 1. The summed E-state index contributed by atoms with van der Waals surface area (Å²) in [5.74, 6) is -0.756. The molecule has 0 aliphatic carbocycles. The first kappa shape index (κ1) is 13.3. The molecule has 0 bridgehead atoms. The second-order valence-corrected chi connectivity index (χ2v) is 4.71. The zero-order valence-corrected chi connectivity index (χ0v) is 11.2. The average Bonchev–Trinajstić information content (AvgIpc) is 2.36. The van der Waals surface area contributed by atoms with Crippen LogP contribution in [0.3, 0.4) is 0 Å². The van der Waals surface area contributed by atoms with Crippen molar-refractivity contribution in [2.75, 3.05) is 11.9 Å². The van der Waals surface area contributed by atoms with Gasteiger partial charge in [0.1, 0.15) is 0 Å². The van der Waals surface area contributed by atoms with Crippen molar-refractivity contribution < 1.29 is 9.90 Å². The van der Waals surface area contributed by atoms with E-state index in [1.165, 1.54) is 0 Å². The van der Waals surface area contributed by atoms with Crippen LogP contribution in [0.25, 0.3) is 10.9 Å². The van der Waals surface area contributed by atoms with Crippen molar-refractivity contribution in [3.8, 4) is 0 Å². The predicted molar refractivity (Wildman–Crippen MR) is 76.6 cm³/mol. The van der Waals surface area contributed by atoms with E-state index in [0.29, 0.717) is 13.0 Å². The molecule has 100 valence electrons. The van der Waals surface area contributed by atoms with Crippen LogP contribution in [0.5, 0.6) is 0 Å². The first-order valence-corrected chi connectivity index (χ1v) is 6.40. The number of nitrogens with one attached hydrogen (secondary N) is 1. The van der Waals surface area contributed by atoms with Crippen molar-refractivity contribution in [1.82, 2.24) is 4.98 Å². The molecule has 2 rings (SSSR count). The average molecular weight is 258 g/mol. The zero-order valence-electron chi connectivity index (χ0n) is 11.2. The Balaban J connectivity index is 2.24. The molecule has 0 fully saturated rings. The van der Waals surface area contributed by atoms with Crippen LogP contribution in [0.4, 0.5) is 5.69 Å². The van der Waals surface area contributed by atoms with Gasteiger partial charge in [-0.05, 0) is 31.4 Å². The molecule has 0 unspecified atom stereocenters. The summed E-state index contributed by atoms with van der Waals surface area (Å²) in [5, 5.41) is 13.1. The van der Waals surface area contributed by atoms with Crippen LogP contribution in [-0.2, 0) is 4.79 Å². The van der Waals surface area contributed by atoms with Gasteiger partial charge in [-0.3, -0.25) is 9.78 Å². The molecule has 0 saturated heterocycles. The van der Waals surface area contributed by atoms with Crippen LogP contribution in [0, 0.1) is 13.8 Å². The number of carboxylic acid groups (broad SMARTS) is 1. The highest BCUT2D eigenvalue weighted by Crippen LogP contribution is 2.27. The van der Waals surface area contributed by atoms with E-state index in [1.54, 1.807) is 0 Å². The molecule has 0 atom stereocenters. The summed E-state index contributed by atoms with van der Waals surface area (Å²) in [6.45, 7) is 4.70. The molecule has 4 nitrogen and oxygen atoms in total. The van der Waals surface area contributed by atoms with Crippen molar-refractivity contribution in [2.24, 2.45) is 0 Å². The van der Waals surface area contributed by atoms with Crippen LogP contribution in [-0.4, -0.2) is 22.6 Å². The summed E-state index contributed by atoms with van der Waals surface area (Å²) in [6.07, 6.45) is 2.66. The number of aliphatic carboxylic acids is 1. The fraction of sp³-hybridized carbons (Fsp3) is 0.333. The third-order valence-corrected chi connectivity index (χ3v) is 3.16. The summed E-state index contributed by atoms with van der Waals surface area (Å²) in [6, 6.07) is 6.10. The van der Waals surface area contributed by atoms with Gasteiger partial charge < -0.3 is 10.4 Å². The van der Waals surface area contributed by atoms with E-state index in [0.717, 1.165) is 27.7 Å². The SMILES string of the molecule is Cc1cnc2c(C)cccc2c1NCCCC(=O)O. The van der Waals surface area contributed by atoms with Gasteiger partial charge >= 0.3 is 5.97 Å². The Morgan fingerprint density at radius 3 is 2.84 bits per heavy atom. The zero-order chi connectivity index (χ0) is 13.8.